The molecule has 2 aromatic carbocycles. The van der Waals surface area contributed by atoms with E-state index >= 15 is 0 Å². The number of hydrogen-bond acceptors (Lipinski definition) is 5. The first-order valence-electron chi connectivity index (χ1n) is 9.93. The molecule has 0 aliphatic rings. The molecular formula is C23H25N5O2. The van der Waals surface area contributed by atoms with E-state index in [1.165, 1.54) is 5.56 Å². The normalized spacial score (nSPS) is 11.1. The van der Waals surface area contributed by atoms with Crippen LogP contribution in [0.3, 0.4) is 0 Å². The van der Waals surface area contributed by atoms with E-state index in [0.29, 0.717) is 29.2 Å². The molecule has 0 radical (unpaired) electrons. The van der Waals surface area contributed by atoms with E-state index in [2.05, 4.69) is 27.1 Å². The maximum absolute atomic E-state index is 12.7. The van der Waals surface area contributed by atoms with Gasteiger partial charge in [-0.3, -0.25) is 9.48 Å². The molecule has 0 atom stereocenters. The number of anilines is 1. The Kier molecular flexibility index (Phi) is 5.27. The lowest BCUT2D eigenvalue weighted by Gasteiger charge is -2.21. The van der Waals surface area contributed by atoms with Crippen LogP contribution < -0.4 is 15.2 Å². The predicted octanol–water partition coefficient (Wildman–Crippen LogP) is 3.67. The zero-order valence-electron chi connectivity index (χ0n) is 17.6. The van der Waals surface area contributed by atoms with Crippen LogP contribution in [0.4, 0.5) is 5.69 Å². The average Bonchev–Trinajstić information content (AvgIpc) is 3.03. The SMILES string of the molecule is CCOc1ccc(N(C)Cc2ccccc2)cc1-c1nc2c(C)nn(C)c2c(=O)[nH]1. The summed E-state index contributed by atoms with van der Waals surface area (Å²) >= 11 is 0. The molecular weight excluding hydrogens is 378 g/mol. The van der Waals surface area contributed by atoms with Crippen LogP contribution in [0, 0.1) is 6.92 Å². The van der Waals surface area contributed by atoms with Gasteiger partial charge in [0.05, 0.1) is 17.9 Å². The second kappa shape index (κ2) is 8.02. The average molecular weight is 403 g/mol. The van der Waals surface area contributed by atoms with Gasteiger partial charge >= 0.3 is 0 Å². The first kappa shape index (κ1) is 19.7. The maximum Gasteiger partial charge on any atom is 0.277 e. The smallest absolute Gasteiger partial charge is 0.277 e. The highest BCUT2D eigenvalue weighted by Crippen LogP contribution is 2.32. The number of hydrogen-bond donors (Lipinski definition) is 1. The maximum atomic E-state index is 12.7. The zero-order chi connectivity index (χ0) is 21.3. The predicted molar refractivity (Wildman–Crippen MR) is 119 cm³/mol. The molecule has 0 spiro atoms. The molecule has 2 heterocycles. The van der Waals surface area contributed by atoms with Crippen molar-refractivity contribution < 1.29 is 4.74 Å². The molecule has 0 bridgehead atoms. The Morgan fingerprint density at radius 1 is 1.17 bits per heavy atom. The van der Waals surface area contributed by atoms with E-state index in [9.17, 15) is 4.79 Å². The molecule has 7 heteroatoms. The quantitative estimate of drug-likeness (QED) is 0.532. The van der Waals surface area contributed by atoms with E-state index in [4.69, 9.17) is 9.72 Å². The van der Waals surface area contributed by atoms with Gasteiger partial charge in [0.2, 0.25) is 0 Å². The fourth-order valence-electron chi connectivity index (χ4n) is 3.64. The van der Waals surface area contributed by atoms with E-state index < -0.39 is 0 Å². The topological polar surface area (TPSA) is 76.0 Å². The largest absolute Gasteiger partial charge is 0.493 e. The van der Waals surface area contributed by atoms with Crippen molar-refractivity contribution in [3.63, 3.8) is 0 Å². The third kappa shape index (κ3) is 3.66. The zero-order valence-corrected chi connectivity index (χ0v) is 17.6. The van der Waals surface area contributed by atoms with Gasteiger partial charge in [0.15, 0.2) is 5.52 Å². The van der Waals surface area contributed by atoms with Crippen LogP contribution in [-0.4, -0.2) is 33.4 Å². The number of aryl methyl sites for hydroxylation is 2. The summed E-state index contributed by atoms with van der Waals surface area (Å²) in [7, 11) is 3.79. The molecule has 4 aromatic rings. The van der Waals surface area contributed by atoms with Gasteiger partial charge in [0, 0.05) is 26.3 Å². The van der Waals surface area contributed by atoms with Crippen molar-refractivity contribution in [3.05, 3.63) is 70.1 Å². The number of ether oxygens (including phenoxy) is 1. The number of rotatable bonds is 6. The molecule has 30 heavy (non-hydrogen) atoms. The van der Waals surface area contributed by atoms with Gasteiger partial charge in [-0.2, -0.15) is 5.10 Å². The first-order chi connectivity index (χ1) is 14.5. The highest BCUT2D eigenvalue weighted by Gasteiger charge is 2.17. The molecule has 7 nitrogen and oxygen atoms in total. The number of nitrogens with one attached hydrogen (secondary N) is 1. The minimum Gasteiger partial charge on any atom is -0.493 e. The second-order valence-electron chi connectivity index (χ2n) is 7.28. The molecule has 0 aliphatic carbocycles. The van der Waals surface area contributed by atoms with Gasteiger partial charge in [0.1, 0.15) is 17.1 Å². The third-order valence-corrected chi connectivity index (χ3v) is 5.08. The van der Waals surface area contributed by atoms with Gasteiger partial charge < -0.3 is 14.6 Å². The summed E-state index contributed by atoms with van der Waals surface area (Å²) in [5, 5.41) is 4.33. The third-order valence-electron chi connectivity index (χ3n) is 5.08. The number of nitrogens with zero attached hydrogens (tertiary/aromatic N) is 4. The van der Waals surface area contributed by atoms with Crippen molar-refractivity contribution >= 4 is 16.7 Å². The Labute approximate surface area is 174 Å². The summed E-state index contributed by atoms with van der Waals surface area (Å²) in [4.78, 5) is 22.5. The highest BCUT2D eigenvalue weighted by molar-refractivity contribution is 5.80. The minimum absolute atomic E-state index is 0.219. The molecule has 0 fully saturated rings. The van der Waals surface area contributed by atoms with Crippen molar-refractivity contribution in [2.45, 2.75) is 20.4 Å². The second-order valence-corrected chi connectivity index (χ2v) is 7.28. The van der Waals surface area contributed by atoms with Crippen LogP contribution in [-0.2, 0) is 13.6 Å². The number of fused-ring (bicyclic) bond motifs is 1. The Balaban J connectivity index is 1.80. The molecule has 0 aliphatic heterocycles. The molecule has 0 saturated heterocycles. The fourth-order valence-corrected chi connectivity index (χ4v) is 3.64. The fraction of sp³-hybridized carbons (Fsp3) is 0.261. The summed E-state index contributed by atoms with van der Waals surface area (Å²) < 4.78 is 7.39. The van der Waals surface area contributed by atoms with Crippen LogP contribution in [0.25, 0.3) is 22.4 Å². The lowest BCUT2D eigenvalue weighted by Crippen LogP contribution is -2.17. The monoisotopic (exact) mass is 403 g/mol. The van der Waals surface area contributed by atoms with E-state index in [-0.39, 0.29) is 5.56 Å². The van der Waals surface area contributed by atoms with Crippen LogP contribution >= 0.6 is 0 Å². The summed E-state index contributed by atoms with van der Waals surface area (Å²) in [5.74, 6) is 1.15. The molecule has 2 aromatic heterocycles. The van der Waals surface area contributed by atoms with Gasteiger partial charge in [-0.1, -0.05) is 30.3 Å². The number of aromatic nitrogens is 4. The molecule has 0 saturated carbocycles. The van der Waals surface area contributed by atoms with Crippen molar-refractivity contribution in [2.24, 2.45) is 7.05 Å². The summed E-state index contributed by atoms with van der Waals surface area (Å²) in [6.45, 7) is 5.07. The number of H-pyrrole nitrogens is 1. The van der Waals surface area contributed by atoms with Crippen molar-refractivity contribution in [3.8, 4) is 17.1 Å². The summed E-state index contributed by atoms with van der Waals surface area (Å²) in [5.41, 5.74) is 4.53. The Morgan fingerprint density at radius 2 is 1.93 bits per heavy atom. The number of aromatic amines is 1. The van der Waals surface area contributed by atoms with E-state index in [1.54, 1.807) is 11.7 Å². The standard InChI is InChI=1S/C23H25N5O2/c1-5-30-19-12-11-17(27(3)14-16-9-7-6-8-10-16)13-18(19)22-24-20-15(2)26-28(4)21(20)23(29)25-22/h6-13H,5,14H2,1-4H3,(H,24,25,29). The molecule has 1 N–H and O–H groups in total. The Morgan fingerprint density at radius 3 is 2.67 bits per heavy atom. The van der Waals surface area contributed by atoms with Crippen LogP contribution in [0.2, 0.25) is 0 Å². The highest BCUT2D eigenvalue weighted by atomic mass is 16.5. The van der Waals surface area contributed by atoms with Crippen LogP contribution in [0.15, 0.2) is 53.3 Å². The molecule has 0 unspecified atom stereocenters. The molecule has 154 valence electrons. The first-order valence-corrected chi connectivity index (χ1v) is 9.93. The van der Waals surface area contributed by atoms with Crippen molar-refractivity contribution in [1.82, 2.24) is 19.7 Å². The van der Waals surface area contributed by atoms with Gasteiger partial charge in [-0.05, 0) is 37.6 Å². The lowest BCUT2D eigenvalue weighted by molar-refractivity contribution is 0.341. The molecule has 0 amide bonds. The summed E-state index contributed by atoms with van der Waals surface area (Å²) in [6, 6.07) is 16.2. The van der Waals surface area contributed by atoms with E-state index in [1.807, 2.05) is 57.3 Å². The van der Waals surface area contributed by atoms with Gasteiger partial charge in [-0.15, -0.1) is 0 Å². The Hall–Kier alpha value is -3.61. The Bertz CT molecular complexity index is 1240. The lowest BCUT2D eigenvalue weighted by atomic mass is 10.1. The molecule has 4 rings (SSSR count). The van der Waals surface area contributed by atoms with E-state index in [0.717, 1.165) is 23.5 Å². The van der Waals surface area contributed by atoms with Crippen LogP contribution in [0.1, 0.15) is 18.2 Å². The van der Waals surface area contributed by atoms with Crippen LogP contribution in [0.5, 0.6) is 5.75 Å². The van der Waals surface area contributed by atoms with Gasteiger partial charge in [0.25, 0.3) is 5.56 Å². The minimum atomic E-state index is -0.219. The van der Waals surface area contributed by atoms with Crippen molar-refractivity contribution in [1.29, 1.82) is 0 Å². The van der Waals surface area contributed by atoms with Gasteiger partial charge in [-0.25, -0.2) is 4.98 Å². The number of benzene rings is 2. The van der Waals surface area contributed by atoms with Crippen molar-refractivity contribution in [2.75, 3.05) is 18.6 Å². The summed E-state index contributed by atoms with van der Waals surface area (Å²) in [6.07, 6.45) is 0.